The van der Waals surface area contributed by atoms with Crippen LogP contribution >= 0.6 is 34.8 Å². The van der Waals surface area contributed by atoms with E-state index in [-0.39, 0.29) is 33.6 Å². The standard InChI is InChI=1S/C31H28Cl3N3O4S/c1-35-31(39)29(18-22-9-4-2-5-10-22)36(20-23-11-8-12-24(32)17-23)30(38)21-37(25-15-16-27(33)28(34)19-25)42(40,41)26-13-6-3-7-14-26/h2-17,19,29H,18,20-21H2,1H3,(H,35,39)/t29-/m0/s1. The number of halogens is 3. The van der Waals surface area contributed by atoms with Crippen molar-refractivity contribution in [2.75, 3.05) is 17.9 Å². The average Bonchev–Trinajstić information content (AvgIpc) is 2.99. The summed E-state index contributed by atoms with van der Waals surface area (Å²) in [6.45, 7) is -0.608. The molecule has 1 N–H and O–H groups in total. The lowest BCUT2D eigenvalue weighted by Gasteiger charge is -2.33. The first kappa shape index (κ1) is 31.4. The fraction of sp³-hybridized carbons (Fsp3) is 0.161. The molecule has 0 spiro atoms. The maximum atomic E-state index is 14.2. The van der Waals surface area contributed by atoms with Crippen LogP contribution in [0.1, 0.15) is 11.1 Å². The topological polar surface area (TPSA) is 86.8 Å². The van der Waals surface area contributed by atoms with E-state index in [1.807, 2.05) is 30.3 Å². The van der Waals surface area contributed by atoms with Crippen LogP contribution in [0.5, 0.6) is 0 Å². The lowest BCUT2D eigenvalue weighted by Crippen LogP contribution is -2.53. The molecule has 0 bridgehead atoms. The molecule has 1 atom stereocenters. The van der Waals surface area contributed by atoms with E-state index in [0.29, 0.717) is 10.6 Å². The number of benzene rings is 4. The quantitative estimate of drug-likeness (QED) is 0.210. The van der Waals surface area contributed by atoms with Gasteiger partial charge in [0.1, 0.15) is 12.6 Å². The summed E-state index contributed by atoms with van der Waals surface area (Å²) in [7, 11) is -2.75. The number of likely N-dealkylation sites (N-methyl/N-ethyl adjacent to an activating group) is 1. The van der Waals surface area contributed by atoms with E-state index in [9.17, 15) is 18.0 Å². The predicted octanol–water partition coefficient (Wildman–Crippen LogP) is 6.23. The number of carbonyl (C=O) groups is 2. The van der Waals surface area contributed by atoms with Crippen LogP contribution in [0.15, 0.2) is 108 Å². The number of amides is 2. The van der Waals surface area contributed by atoms with Crippen molar-refractivity contribution in [2.45, 2.75) is 23.9 Å². The van der Waals surface area contributed by atoms with Crippen molar-refractivity contribution in [1.29, 1.82) is 0 Å². The smallest absolute Gasteiger partial charge is 0.264 e. The highest BCUT2D eigenvalue weighted by molar-refractivity contribution is 7.92. The fourth-order valence-corrected chi connectivity index (χ4v) is 6.37. The van der Waals surface area contributed by atoms with E-state index in [4.69, 9.17) is 34.8 Å². The van der Waals surface area contributed by atoms with E-state index >= 15 is 0 Å². The van der Waals surface area contributed by atoms with Crippen molar-refractivity contribution in [2.24, 2.45) is 0 Å². The molecule has 0 fully saturated rings. The Morgan fingerprint density at radius 2 is 1.43 bits per heavy atom. The van der Waals surface area contributed by atoms with Crippen LogP contribution in [0.25, 0.3) is 0 Å². The zero-order chi connectivity index (χ0) is 30.3. The van der Waals surface area contributed by atoms with Gasteiger partial charge in [-0.25, -0.2) is 8.42 Å². The number of rotatable bonds is 11. The Labute approximate surface area is 260 Å². The normalized spacial score (nSPS) is 11.9. The van der Waals surface area contributed by atoms with Gasteiger partial charge in [0.25, 0.3) is 10.0 Å². The summed E-state index contributed by atoms with van der Waals surface area (Å²) in [5, 5.41) is 3.46. The molecule has 42 heavy (non-hydrogen) atoms. The van der Waals surface area contributed by atoms with Gasteiger partial charge in [-0.15, -0.1) is 0 Å². The van der Waals surface area contributed by atoms with Gasteiger partial charge in [-0.2, -0.15) is 0 Å². The van der Waals surface area contributed by atoms with Crippen LogP contribution in [0.4, 0.5) is 5.69 Å². The Kier molecular flexibility index (Phi) is 10.5. The molecule has 4 rings (SSSR count). The largest absolute Gasteiger partial charge is 0.357 e. The summed E-state index contributed by atoms with van der Waals surface area (Å²) >= 11 is 18.6. The van der Waals surface area contributed by atoms with Crippen molar-refractivity contribution in [3.8, 4) is 0 Å². The molecular weight excluding hydrogens is 617 g/mol. The fourth-order valence-electron chi connectivity index (χ4n) is 4.44. The molecular formula is C31H28Cl3N3O4S. The molecule has 4 aromatic carbocycles. The molecule has 0 radical (unpaired) electrons. The number of hydrogen-bond acceptors (Lipinski definition) is 4. The average molecular weight is 645 g/mol. The minimum absolute atomic E-state index is 0.00487. The van der Waals surface area contributed by atoms with Crippen molar-refractivity contribution in [1.82, 2.24) is 10.2 Å². The predicted molar refractivity (Wildman–Crippen MR) is 167 cm³/mol. The van der Waals surface area contributed by atoms with E-state index in [2.05, 4.69) is 5.32 Å². The molecule has 4 aromatic rings. The summed E-state index contributed by atoms with van der Waals surface area (Å²) in [6.07, 6.45) is 0.199. The number of sulfonamides is 1. The number of anilines is 1. The Hall–Kier alpha value is -3.56. The minimum atomic E-state index is -4.24. The number of hydrogen-bond donors (Lipinski definition) is 1. The van der Waals surface area contributed by atoms with Gasteiger partial charge in [0.2, 0.25) is 11.8 Å². The highest BCUT2D eigenvalue weighted by Gasteiger charge is 2.34. The Morgan fingerprint density at radius 1 is 0.786 bits per heavy atom. The zero-order valence-corrected chi connectivity index (χ0v) is 25.7. The van der Waals surface area contributed by atoms with Gasteiger partial charge >= 0.3 is 0 Å². The van der Waals surface area contributed by atoms with Gasteiger partial charge in [0.05, 0.1) is 20.6 Å². The van der Waals surface area contributed by atoms with Crippen LogP contribution in [-0.2, 0) is 32.6 Å². The highest BCUT2D eigenvalue weighted by atomic mass is 35.5. The van der Waals surface area contributed by atoms with E-state index in [1.165, 1.54) is 42.3 Å². The highest BCUT2D eigenvalue weighted by Crippen LogP contribution is 2.31. The van der Waals surface area contributed by atoms with Crippen LogP contribution < -0.4 is 9.62 Å². The van der Waals surface area contributed by atoms with Gasteiger partial charge in [-0.3, -0.25) is 13.9 Å². The summed E-state index contributed by atoms with van der Waals surface area (Å²) in [4.78, 5) is 28.9. The molecule has 0 saturated carbocycles. The summed E-state index contributed by atoms with van der Waals surface area (Å²) < 4.78 is 28.8. The molecule has 0 aromatic heterocycles. The molecule has 11 heteroatoms. The second-order valence-electron chi connectivity index (χ2n) is 9.39. The first-order valence-electron chi connectivity index (χ1n) is 12.9. The minimum Gasteiger partial charge on any atom is -0.357 e. The number of carbonyl (C=O) groups excluding carboxylic acids is 2. The lowest BCUT2D eigenvalue weighted by molar-refractivity contribution is -0.139. The van der Waals surface area contributed by atoms with Crippen molar-refractivity contribution in [3.63, 3.8) is 0 Å². The molecule has 0 heterocycles. The summed E-state index contributed by atoms with van der Waals surface area (Å²) in [5.74, 6) is -1.01. The van der Waals surface area contributed by atoms with E-state index < -0.39 is 34.4 Å². The first-order chi connectivity index (χ1) is 20.1. The van der Waals surface area contributed by atoms with Crippen LogP contribution in [-0.4, -0.2) is 44.8 Å². The van der Waals surface area contributed by atoms with Crippen molar-refractivity contribution < 1.29 is 18.0 Å². The molecule has 0 aliphatic rings. The van der Waals surface area contributed by atoms with Gasteiger partial charge < -0.3 is 10.2 Å². The molecule has 0 unspecified atom stereocenters. The lowest BCUT2D eigenvalue weighted by atomic mass is 10.0. The SMILES string of the molecule is CNC(=O)[C@H](Cc1ccccc1)N(Cc1cccc(Cl)c1)C(=O)CN(c1ccc(Cl)c(Cl)c1)S(=O)(=O)c1ccccc1. The number of nitrogens with zero attached hydrogens (tertiary/aromatic N) is 2. The second-order valence-corrected chi connectivity index (χ2v) is 12.5. The Balaban J connectivity index is 1.80. The maximum absolute atomic E-state index is 14.2. The number of nitrogens with one attached hydrogen (secondary N) is 1. The molecule has 7 nitrogen and oxygen atoms in total. The van der Waals surface area contributed by atoms with Gasteiger partial charge in [0.15, 0.2) is 0 Å². The molecule has 2 amide bonds. The second kappa shape index (κ2) is 14.1. The molecule has 0 saturated heterocycles. The molecule has 0 aliphatic heterocycles. The van der Waals surface area contributed by atoms with Crippen LogP contribution in [0.3, 0.4) is 0 Å². The zero-order valence-electron chi connectivity index (χ0n) is 22.6. The third-order valence-electron chi connectivity index (χ3n) is 6.56. The summed E-state index contributed by atoms with van der Waals surface area (Å²) in [5.41, 5.74) is 1.64. The Morgan fingerprint density at radius 3 is 2.05 bits per heavy atom. The van der Waals surface area contributed by atoms with Gasteiger partial charge in [-0.1, -0.05) is 95.5 Å². The summed E-state index contributed by atoms with van der Waals surface area (Å²) in [6, 6.07) is 27.3. The monoisotopic (exact) mass is 643 g/mol. The van der Waals surface area contributed by atoms with Crippen molar-refractivity contribution >= 4 is 62.3 Å². The maximum Gasteiger partial charge on any atom is 0.264 e. The van der Waals surface area contributed by atoms with E-state index in [1.54, 1.807) is 42.5 Å². The van der Waals surface area contributed by atoms with Gasteiger partial charge in [0, 0.05) is 25.0 Å². The van der Waals surface area contributed by atoms with Crippen molar-refractivity contribution in [3.05, 3.63) is 129 Å². The molecule has 218 valence electrons. The molecule has 0 aliphatic carbocycles. The third kappa shape index (κ3) is 7.63. The van der Waals surface area contributed by atoms with Crippen LogP contribution in [0, 0.1) is 0 Å². The van der Waals surface area contributed by atoms with Gasteiger partial charge in [-0.05, 0) is 53.6 Å². The Bertz CT molecular complexity index is 1650. The first-order valence-corrected chi connectivity index (χ1v) is 15.5. The van der Waals surface area contributed by atoms with E-state index in [0.717, 1.165) is 9.87 Å². The third-order valence-corrected chi connectivity index (χ3v) is 9.32. The van der Waals surface area contributed by atoms with Crippen LogP contribution in [0.2, 0.25) is 15.1 Å².